The third-order valence-corrected chi connectivity index (χ3v) is 5.04. The van der Waals surface area contributed by atoms with Crippen LogP contribution in [-0.4, -0.2) is 29.6 Å². The van der Waals surface area contributed by atoms with E-state index in [2.05, 4.69) is 11.6 Å². The van der Waals surface area contributed by atoms with Gasteiger partial charge < -0.3 is 10.4 Å². The molecule has 5 heteroatoms. The number of carboxylic acid groups (broad SMARTS) is 1. The van der Waals surface area contributed by atoms with Crippen LogP contribution in [0.1, 0.15) is 28.1 Å². The fourth-order valence-corrected chi connectivity index (χ4v) is 3.71. The van der Waals surface area contributed by atoms with Gasteiger partial charge in [-0.1, -0.05) is 18.2 Å². The van der Waals surface area contributed by atoms with Gasteiger partial charge in [-0.2, -0.15) is 11.8 Å². The average Bonchev–Trinajstić information content (AvgIpc) is 2.82. The first-order chi connectivity index (χ1) is 9.74. The number of carboxylic acids is 1. The molecule has 0 saturated carbocycles. The Morgan fingerprint density at radius 3 is 2.90 bits per heavy atom. The van der Waals surface area contributed by atoms with Crippen molar-refractivity contribution < 1.29 is 9.90 Å². The molecule has 108 valence electrons. The summed E-state index contributed by atoms with van der Waals surface area (Å²) in [6.07, 6.45) is 4.44. The quantitative estimate of drug-likeness (QED) is 0.728. The van der Waals surface area contributed by atoms with Gasteiger partial charge in [0, 0.05) is 11.2 Å². The number of hydrogen-bond acceptors (Lipinski definition) is 4. The van der Waals surface area contributed by atoms with Gasteiger partial charge in [-0.05, 0) is 48.4 Å². The molecular formula is C15H19NO2S2. The van der Waals surface area contributed by atoms with E-state index in [9.17, 15) is 9.90 Å². The summed E-state index contributed by atoms with van der Waals surface area (Å²) in [4.78, 5) is 11.8. The van der Waals surface area contributed by atoms with E-state index in [-0.39, 0.29) is 0 Å². The van der Waals surface area contributed by atoms with Gasteiger partial charge in [-0.3, -0.25) is 0 Å². The van der Waals surface area contributed by atoms with E-state index < -0.39 is 5.97 Å². The monoisotopic (exact) mass is 309 g/mol. The van der Waals surface area contributed by atoms with Crippen LogP contribution < -0.4 is 5.32 Å². The molecule has 0 spiro atoms. The highest BCUT2D eigenvalue weighted by Crippen LogP contribution is 2.31. The average molecular weight is 309 g/mol. The van der Waals surface area contributed by atoms with Crippen molar-refractivity contribution in [2.75, 3.05) is 18.6 Å². The van der Waals surface area contributed by atoms with Crippen molar-refractivity contribution in [3.8, 4) is 0 Å². The Kier molecular flexibility index (Phi) is 5.88. The molecular weight excluding hydrogens is 290 g/mol. The van der Waals surface area contributed by atoms with Crippen LogP contribution >= 0.6 is 23.1 Å². The van der Waals surface area contributed by atoms with Crippen LogP contribution in [0.5, 0.6) is 0 Å². The van der Waals surface area contributed by atoms with Crippen molar-refractivity contribution in [1.29, 1.82) is 0 Å². The number of aromatic carboxylic acids is 1. The van der Waals surface area contributed by atoms with Crippen LogP contribution in [0.2, 0.25) is 0 Å². The highest BCUT2D eigenvalue weighted by molar-refractivity contribution is 7.98. The summed E-state index contributed by atoms with van der Waals surface area (Å²) >= 11 is 3.22. The number of nitrogens with one attached hydrogen (secondary N) is 1. The Hall–Kier alpha value is -1.04. The fourth-order valence-electron chi connectivity index (χ4n) is 2.16. The van der Waals surface area contributed by atoms with Gasteiger partial charge in [0.25, 0.3) is 0 Å². The summed E-state index contributed by atoms with van der Waals surface area (Å²) < 4.78 is 1.05. The molecule has 0 atom stereocenters. The molecule has 0 unspecified atom stereocenters. The maximum Gasteiger partial charge on any atom is 0.346 e. The minimum absolute atomic E-state index is 0.461. The van der Waals surface area contributed by atoms with E-state index in [1.54, 1.807) is 0 Å². The standard InChI is InChI=1S/C15H19NO2S2/c1-19-9-5-4-8-16-10-12-11-6-2-3-7-13(11)20-14(12)15(17)18/h2-3,6-7,16H,4-5,8-10H2,1H3,(H,17,18). The minimum atomic E-state index is -0.828. The van der Waals surface area contributed by atoms with Crippen LogP contribution in [-0.2, 0) is 6.54 Å². The second kappa shape index (κ2) is 7.67. The van der Waals surface area contributed by atoms with Gasteiger partial charge in [0.15, 0.2) is 0 Å². The number of rotatable bonds is 8. The van der Waals surface area contributed by atoms with E-state index >= 15 is 0 Å². The molecule has 0 saturated heterocycles. The van der Waals surface area contributed by atoms with Crippen molar-refractivity contribution in [1.82, 2.24) is 5.32 Å². The number of hydrogen-bond donors (Lipinski definition) is 2. The highest BCUT2D eigenvalue weighted by atomic mass is 32.2. The molecule has 2 N–H and O–H groups in total. The molecule has 0 aliphatic heterocycles. The first-order valence-corrected chi connectivity index (χ1v) is 8.88. The molecule has 20 heavy (non-hydrogen) atoms. The molecule has 1 heterocycles. The number of benzene rings is 1. The summed E-state index contributed by atoms with van der Waals surface area (Å²) in [5, 5.41) is 13.7. The molecule has 0 amide bonds. The normalized spacial score (nSPS) is 11.1. The van der Waals surface area contributed by atoms with Crippen LogP contribution in [0.25, 0.3) is 10.1 Å². The van der Waals surface area contributed by atoms with Gasteiger partial charge in [-0.15, -0.1) is 11.3 Å². The molecule has 1 aromatic heterocycles. The van der Waals surface area contributed by atoms with Crippen LogP contribution in [0.15, 0.2) is 24.3 Å². The zero-order valence-corrected chi connectivity index (χ0v) is 13.1. The summed E-state index contributed by atoms with van der Waals surface area (Å²) in [7, 11) is 0. The van der Waals surface area contributed by atoms with Gasteiger partial charge >= 0.3 is 5.97 Å². The van der Waals surface area contributed by atoms with Gasteiger partial charge in [-0.25, -0.2) is 4.79 Å². The first-order valence-electron chi connectivity index (χ1n) is 6.67. The van der Waals surface area contributed by atoms with Crippen molar-refractivity contribution in [2.24, 2.45) is 0 Å². The van der Waals surface area contributed by atoms with E-state index in [1.165, 1.54) is 23.5 Å². The van der Waals surface area contributed by atoms with Gasteiger partial charge in [0.2, 0.25) is 0 Å². The number of thiophene rings is 1. The number of thioether (sulfide) groups is 1. The molecule has 1 aromatic carbocycles. The highest BCUT2D eigenvalue weighted by Gasteiger charge is 2.16. The lowest BCUT2D eigenvalue weighted by Gasteiger charge is -2.05. The summed E-state index contributed by atoms with van der Waals surface area (Å²) in [5.74, 6) is 0.356. The Morgan fingerprint density at radius 2 is 2.15 bits per heavy atom. The third-order valence-electron chi connectivity index (χ3n) is 3.15. The molecule has 0 aliphatic carbocycles. The van der Waals surface area contributed by atoms with Crippen LogP contribution in [0, 0.1) is 0 Å². The van der Waals surface area contributed by atoms with Crippen LogP contribution in [0.4, 0.5) is 0 Å². The second-order valence-electron chi connectivity index (χ2n) is 4.59. The molecule has 2 rings (SSSR count). The van der Waals surface area contributed by atoms with E-state index in [1.807, 2.05) is 36.0 Å². The Bertz CT molecular complexity index is 580. The molecule has 2 aromatic rings. The van der Waals surface area contributed by atoms with Crippen molar-refractivity contribution in [3.05, 3.63) is 34.7 Å². The lowest BCUT2D eigenvalue weighted by Crippen LogP contribution is -2.16. The fraction of sp³-hybridized carbons (Fsp3) is 0.400. The number of carbonyl (C=O) groups is 1. The molecule has 0 radical (unpaired) electrons. The lowest BCUT2D eigenvalue weighted by molar-refractivity contribution is 0.0701. The first kappa shape index (κ1) is 15.4. The topological polar surface area (TPSA) is 49.3 Å². The van der Waals surface area contributed by atoms with Crippen molar-refractivity contribution in [2.45, 2.75) is 19.4 Å². The lowest BCUT2D eigenvalue weighted by atomic mass is 10.1. The Labute approximate surface area is 127 Å². The number of fused-ring (bicyclic) bond motifs is 1. The summed E-state index contributed by atoms with van der Waals surface area (Å²) in [6, 6.07) is 7.89. The number of unbranched alkanes of at least 4 members (excludes halogenated alkanes) is 1. The van der Waals surface area contributed by atoms with E-state index in [4.69, 9.17) is 0 Å². The molecule has 0 fully saturated rings. The van der Waals surface area contributed by atoms with E-state index in [0.717, 1.165) is 28.6 Å². The predicted molar refractivity (Wildman–Crippen MR) is 88.1 cm³/mol. The summed E-state index contributed by atoms with van der Waals surface area (Å²) in [6.45, 7) is 1.56. The summed E-state index contributed by atoms with van der Waals surface area (Å²) in [5.41, 5.74) is 0.919. The molecule has 0 bridgehead atoms. The van der Waals surface area contributed by atoms with Crippen molar-refractivity contribution in [3.63, 3.8) is 0 Å². The SMILES string of the molecule is CSCCCCNCc1c(C(=O)O)sc2ccccc12. The van der Waals surface area contributed by atoms with Crippen LogP contribution in [0.3, 0.4) is 0 Å². The van der Waals surface area contributed by atoms with E-state index in [0.29, 0.717) is 11.4 Å². The Morgan fingerprint density at radius 1 is 1.35 bits per heavy atom. The maximum atomic E-state index is 11.3. The maximum absolute atomic E-state index is 11.3. The Balaban J connectivity index is 2.04. The van der Waals surface area contributed by atoms with Gasteiger partial charge in [0.1, 0.15) is 4.88 Å². The van der Waals surface area contributed by atoms with Crippen molar-refractivity contribution >= 4 is 39.2 Å². The smallest absolute Gasteiger partial charge is 0.346 e. The molecule has 3 nitrogen and oxygen atoms in total. The zero-order valence-electron chi connectivity index (χ0n) is 11.5. The predicted octanol–water partition coefficient (Wildman–Crippen LogP) is 3.83. The second-order valence-corrected chi connectivity index (χ2v) is 6.63. The largest absolute Gasteiger partial charge is 0.477 e. The van der Waals surface area contributed by atoms with Gasteiger partial charge in [0.05, 0.1) is 0 Å². The zero-order chi connectivity index (χ0) is 14.4. The molecule has 0 aliphatic rings. The third kappa shape index (κ3) is 3.75. The minimum Gasteiger partial charge on any atom is -0.477 e.